The summed E-state index contributed by atoms with van der Waals surface area (Å²) in [5, 5.41) is 2.27. The van der Waals surface area contributed by atoms with Crippen molar-refractivity contribution < 1.29 is 18.0 Å². The number of nitrogens with one attached hydrogen (secondary N) is 1. The highest BCUT2D eigenvalue weighted by atomic mass is 19.3. The van der Waals surface area contributed by atoms with E-state index in [0.29, 0.717) is 19.5 Å². The Balaban J connectivity index is 1.92. The van der Waals surface area contributed by atoms with Crippen LogP contribution in [0.5, 0.6) is 0 Å². The molecule has 3 N–H and O–H groups in total. The van der Waals surface area contributed by atoms with Gasteiger partial charge in [-0.3, -0.25) is 9.69 Å². The predicted octanol–water partition coefficient (Wildman–Crippen LogP) is 1.50. The van der Waals surface area contributed by atoms with Crippen LogP contribution < -0.4 is 11.1 Å². The molecule has 0 bridgehead atoms. The van der Waals surface area contributed by atoms with Gasteiger partial charge >= 0.3 is 0 Å². The number of amides is 1. The van der Waals surface area contributed by atoms with Gasteiger partial charge in [0.1, 0.15) is 5.82 Å². The standard InChI is InChI=1S/C15H20F3N3O/c16-12-5-3-11(4-6-12)8-21-7-1-2-13(21)14(22)20-10-15(17,18)9-19/h3-6,13H,1-2,7-10,19H2,(H,20,22). The summed E-state index contributed by atoms with van der Waals surface area (Å²) in [6, 6.07) is 5.61. The molecule has 122 valence electrons. The minimum absolute atomic E-state index is 0.316. The molecule has 1 heterocycles. The number of nitrogens with two attached hydrogens (primary N) is 1. The first-order chi connectivity index (χ1) is 10.4. The summed E-state index contributed by atoms with van der Waals surface area (Å²) in [6.07, 6.45) is 1.45. The number of likely N-dealkylation sites (tertiary alicyclic amines) is 1. The predicted molar refractivity (Wildman–Crippen MR) is 76.8 cm³/mol. The van der Waals surface area contributed by atoms with Crippen molar-refractivity contribution in [3.63, 3.8) is 0 Å². The fourth-order valence-corrected chi connectivity index (χ4v) is 2.54. The van der Waals surface area contributed by atoms with Crippen LogP contribution in [0.25, 0.3) is 0 Å². The summed E-state index contributed by atoms with van der Waals surface area (Å²) in [5.41, 5.74) is 5.83. The fourth-order valence-electron chi connectivity index (χ4n) is 2.54. The van der Waals surface area contributed by atoms with E-state index >= 15 is 0 Å². The number of rotatable bonds is 6. The summed E-state index contributed by atoms with van der Waals surface area (Å²) in [6.45, 7) is -0.338. The molecule has 1 unspecified atom stereocenters. The number of hydrogen-bond acceptors (Lipinski definition) is 3. The lowest BCUT2D eigenvalue weighted by Crippen LogP contribution is -2.48. The molecular weight excluding hydrogens is 295 g/mol. The molecule has 7 heteroatoms. The van der Waals surface area contributed by atoms with Crippen molar-refractivity contribution in [3.8, 4) is 0 Å². The smallest absolute Gasteiger partial charge is 0.277 e. The molecule has 0 aliphatic carbocycles. The van der Waals surface area contributed by atoms with E-state index in [1.165, 1.54) is 12.1 Å². The minimum Gasteiger partial charge on any atom is -0.349 e. The van der Waals surface area contributed by atoms with Gasteiger partial charge in [0.25, 0.3) is 5.92 Å². The van der Waals surface area contributed by atoms with Crippen LogP contribution in [0.2, 0.25) is 0 Å². The van der Waals surface area contributed by atoms with Crippen LogP contribution in [0.1, 0.15) is 18.4 Å². The average molecular weight is 315 g/mol. The van der Waals surface area contributed by atoms with E-state index in [0.717, 1.165) is 12.0 Å². The third kappa shape index (κ3) is 4.45. The molecule has 1 amide bonds. The summed E-state index contributed by atoms with van der Waals surface area (Å²) < 4.78 is 39.1. The van der Waals surface area contributed by atoms with Gasteiger partial charge in [0, 0.05) is 6.54 Å². The molecular formula is C15H20F3N3O. The Morgan fingerprint density at radius 3 is 2.68 bits per heavy atom. The molecule has 0 saturated carbocycles. The maximum absolute atomic E-state index is 13.1. The van der Waals surface area contributed by atoms with Crippen molar-refractivity contribution in [2.75, 3.05) is 19.6 Å². The second-order valence-corrected chi connectivity index (χ2v) is 5.53. The maximum atomic E-state index is 13.1. The zero-order valence-electron chi connectivity index (χ0n) is 12.2. The lowest BCUT2D eigenvalue weighted by molar-refractivity contribution is -0.127. The van der Waals surface area contributed by atoms with Crippen molar-refractivity contribution in [2.24, 2.45) is 5.73 Å². The van der Waals surface area contributed by atoms with Crippen molar-refractivity contribution in [1.82, 2.24) is 10.2 Å². The lowest BCUT2D eigenvalue weighted by Gasteiger charge is -2.24. The monoisotopic (exact) mass is 315 g/mol. The number of carbonyl (C=O) groups is 1. The molecule has 0 spiro atoms. The quantitative estimate of drug-likeness (QED) is 0.836. The van der Waals surface area contributed by atoms with Crippen molar-refractivity contribution >= 4 is 5.91 Å². The van der Waals surface area contributed by atoms with Crippen LogP contribution in [-0.2, 0) is 11.3 Å². The van der Waals surface area contributed by atoms with Crippen molar-refractivity contribution in [3.05, 3.63) is 35.6 Å². The van der Waals surface area contributed by atoms with Gasteiger partial charge < -0.3 is 11.1 Å². The Labute approximate surface area is 127 Å². The molecule has 0 aromatic heterocycles. The second-order valence-electron chi connectivity index (χ2n) is 5.53. The van der Waals surface area contributed by atoms with Gasteiger partial charge in [0.15, 0.2) is 0 Å². The molecule has 2 rings (SSSR count). The maximum Gasteiger partial charge on any atom is 0.277 e. The number of benzene rings is 1. The molecule has 1 aromatic rings. The molecule has 1 atom stereocenters. The van der Waals surface area contributed by atoms with E-state index in [1.807, 2.05) is 4.90 Å². The lowest BCUT2D eigenvalue weighted by atomic mass is 10.1. The molecule has 1 fully saturated rings. The van der Waals surface area contributed by atoms with E-state index in [4.69, 9.17) is 5.73 Å². The zero-order valence-corrected chi connectivity index (χ0v) is 12.2. The van der Waals surface area contributed by atoms with Crippen molar-refractivity contribution in [1.29, 1.82) is 0 Å². The first-order valence-corrected chi connectivity index (χ1v) is 7.25. The SMILES string of the molecule is NCC(F)(F)CNC(=O)C1CCCN1Cc1ccc(F)cc1. The largest absolute Gasteiger partial charge is 0.349 e. The fraction of sp³-hybridized carbons (Fsp3) is 0.533. The van der Waals surface area contributed by atoms with Gasteiger partial charge in [0.05, 0.1) is 19.1 Å². The molecule has 0 radical (unpaired) electrons. The number of hydrogen-bond donors (Lipinski definition) is 2. The topological polar surface area (TPSA) is 58.4 Å². The van der Waals surface area contributed by atoms with Crippen LogP contribution in [-0.4, -0.2) is 42.4 Å². The molecule has 4 nitrogen and oxygen atoms in total. The highest BCUT2D eigenvalue weighted by Gasteiger charge is 2.33. The molecule has 1 aliphatic rings. The Morgan fingerprint density at radius 2 is 2.05 bits per heavy atom. The zero-order chi connectivity index (χ0) is 16.2. The van der Waals surface area contributed by atoms with Crippen LogP contribution in [0.15, 0.2) is 24.3 Å². The minimum atomic E-state index is -3.09. The van der Waals surface area contributed by atoms with Crippen LogP contribution in [0.4, 0.5) is 13.2 Å². The summed E-state index contributed by atoms with van der Waals surface area (Å²) in [4.78, 5) is 14.0. The van der Waals surface area contributed by atoms with Crippen LogP contribution >= 0.6 is 0 Å². The summed E-state index contributed by atoms with van der Waals surface area (Å²) >= 11 is 0. The normalized spacial score (nSPS) is 19.4. The van der Waals surface area contributed by atoms with Gasteiger partial charge in [-0.05, 0) is 37.1 Å². The number of halogens is 3. The van der Waals surface area contributed by atoms with Gasteiger partial charge in [-0.2, -0.15) is 0 Å². The van der Waals surface area contributed by atoms with Gasteiger partial charge in [-0.1, -0.05) is 12.1 Å². The Kier molecular flexibility index (Phi) is 5.42. The van der Waals surface area contributed by atoms with E-state index in [9.17, 15) is 18.0 Å². The molecule has 1 aromatic carbocycles. The number of nitrogens with zero attached hydrogens (tertiary/aromatic N) is 1. The Bertz CT molecular complexity index is 507. The van der Waals surface area contributed by atoms with E-state index in [1.54, 1.807) is 12.1 Å². The van der Waals surface area contributed by atoms with Gasteiger partial charge in [0.2, 0.25) is 5.91 Å². The number of carbonyl (C=O) groups excluding carboxylic acids is 1. The Morgan fingerprint density at radius 1 is 1.36 bits per heavy atom. The number of alkyl halides is 2. The van der Waals surface area contributed by atoms with E-state index in [2.05, 4.69) is 5.32 Å². The average Bonchev–Trinajstić information content (AvgIpc) is 2.95. The van der Waals surface area contributed by atoms with Gasteiger partial charge in [-0.25, -0.2) is 13.2 Å². The third-order valence-electron chi connectivity index (χ3n) is 3.79. The first kappa shape index (κ1) is 16.8. The summed E-state index contributed by atoms with van der Waals surface area (Å²) in [5.74, 6) is -3.81. The van der Waals surface area contributed by atoms with Gasteiger partial charge in [-0.15, -0.1) is 0 Å². The third-order valence-corrected chi connectivity index (χ3v) is 3.79. The molecule has 1 saturated heterocycles. The highest BCUT2D eigenvalue weighted by molar-refractivity contribution is 5.82. The van der Waals surface area contributed by atoms with Crippen LogP contribution in [0, 0.1) is 5.82 Å². The second kappa shape index (κ2) is 7.11. The van der Waals surface area contributed by atoms with Crippen LogP contribution in [0.3, 0.4) is 0 Å². The first-order valence-electron chi connectivity index (χ1n) is 7.25. The molecule has 22 heavy (non-hydrogen) atoms. The highest BCUT2D eigenvalue weighted by Crippen LogP contribution is 2.21. The van der Waals surface area contributed by atoms with E-state index < -0.39 is 31.0 Å². The Hall–Kier alpha value is -1.60. The van der Waals surface area contributed by atoms with E-state index in [-0.39, 0.29) is 5.82 Å². The summed E-state index contributed by atoms with van der Waals surface area (Å²) in [7, 11) is 0. The van der Waals surface area contributed by atoms with Crippen molar-refractivity contribution in [2.45, 2.75) is 31.4 Å². The molecule has 1 aliphatic heterocycles.